The van der Waals surface area contributed by atoms with Crippen LogP contribution in [0.25, 0.3) is 0 Å². The fourth-order valence-corrected chi connectivity index (χ4v) is 4.84. The number of hydrogen-bond acceptors (Lipinski definition) is 2. The van der Waals surface area contributed by atoms with Crippen molar-refractivity contribution in [2.45, 2.75) is 69.2 Å². The van der Waals surface area contributed by atoms with E-state index in [1.165, 1.54) is 50.5 Å². The van der Waals surface area contributed by atoms with Gasteiger partial charge >= 0.3 is 0 Å². The predicted octanol–water partition coefficient (Wildman–Crippen LogP) is 4.73. The first-order valence-electron chi connectivity index (χ1n) is 9.42. The topological polar surface area (TPSA) is 12.5 Å². The number of hydrogen-bond donors (Lipinski definition) is 0. The highest BCUT2D eigenvalue weighted by molar-refractivity contribution is 5.19. The molecule has 2 bridgehead atoms. The number of rotatable bonds is 6. The van der Waals surface area contributed by atoms with Gasteiger partial charge in [0, 0.05) is 18.6 Å². The van der Waals surface area contributed by atoms with Crippen molar-refractivity contribution in [3.05, 3.63) is 48.6 Å². The highest BCUT2D eigenvalue weighted by Crippen LogP contribution is 2.44. The first-order chi connectivity index (χ1) is 11.3. The van der Waals surface area contributed by atoms with Crippen LogP contribution in [0.2, 0.25) is 0 Å². The van der Waals surface area contributed by atoms with Crippen molar-refractivity contribution >= 4 is 0 Å². The molecule has 1 aromatic carbocycles. The van der Waals surface area contributed by atoms with Crippen LogP contribution < -0.4 is 0 Å². The molecule has 1 aromatic rings. The van der Waals surface area contributed by atoms with Gasteiger partial charge in [0.2, 0.25) is 0 Å². The van der Waals surface area contributed by atoms with Gasteiger partial charge in [-0.05, 0) is 50.0 Å². The summed E-state index contributed by atoms with van der Waals surface area (Å²) in [6.45, 7) is 4.98. The molecule has 2 nitrogen and oxygen atoms in total. The Morgan fingerprint density at radius 2 is 1.78 bits per heavy atom. The minimum Gasteiger partial charge on any atom is -0.370 e. The highest BCUT2D eigenvalue weighted by Gasteiger charge is 2.42. The number of fused-ring (bicyclic) bond motifs is 2. The van der Waals surface area contributed by atoms with Crippen LogP contribution in [0.3, 0.4) is 0 Å². The number of nitrogens with zero attached hydrogens (tertiary/aromatic N) is 1. The van der Waals surface area contributed by atoms with E-state index in [0.29, 0.717) is 12.2 Å². The van der Waals surface area contributed by atoms with E-state index in [2.05, 4.69) is 47.9 Å². The third-order valence-corrected chi connectivity index (χ3v) is 6.23. The second-order valence-corrected chi connectivity index (χ2v) is 7.62. The highest BCUT2D eigenvalue weighted by atomic mass is 16.5. The fraction of sp³-hybridized carbons (Fsp3) is 0.619. The molecule has 4 rings (SSSR count). The van der Waals surface area contributed by atoms with Crippen LogP contribution in [0, 0.1) is 5.92 Å². The maximum Gasteiger partial charge on any atom is 0.0856 e. The van der Waals surface area contributed by atoms with Gasteiger partial charge in [0.1, 0.15) is 0 Å². The average molecular weight is 311 g/mol. The Kier molecular flexibility index (Phi) is 4.54. The van der Waals surface area contributed by atoms with Crippen molar-refractivity contribution in [2.24, 2.45) is 5.92 Å². The molecule has 2 heterocycles. The summed E-state index contributed by atoms with van der Waals surface area (Å²) in [6, 6.07) is 12.4. The molecule has 0 N–H and O–H groups in total. The summed E-state index contributed by atoms with van der Waals surface area (Å²) < 4.78 is 6.74. The predicted molar refractivity (Wildman–Crippen MR) is 94.3 cm³/mol. The zero-order chi connectivity index (χ0) is 15.6. The molecule has 23 heavy (non-hydrogen) atoms. The molecular formula is C21H29NO. The standard InChI is InChI=1S/C21H29NO/c1-2-13-22-18-11-12-19(22)15-20(14-18)23-21(17-9-6-10-17)16-7-4-3-5-8-16/h2-5,7-8,17-21H,1,6,9-15H2/t18-,19+,20?,21?. The third-order valence-electron chi connectivity index (χ3n) is 6.23. The second kappa shape index (κ2) is 6.78. The summed E-state index contributed by atoms with van der Waals surface area (Å²) in [7, 11) is 0. The maximum atomic E-state index is 6.74. The third kappa shape index (κ3) is 3.12. The van der Waals surface area contributed by atoms with E-state index in [1.54, 1.807) is 0 Å². The van der Waals surface area contributed by atoms with Gasteiger partial charge in [0.15, 0.2) is 0 Å². The lowest BCUT2D eigenvalue weighted by molar-refractivity contribution is -0.0951. The summed E-state index contributed by atoms with van der Waals surface area (Å²) in [5.41, 5.74) is 1.39. The molecule has 2 aliphatic heterocycles. The van der Waals surface area contributed by atoms with Crippen LogP contribution in [0.1, 0.15) is 56.6 Å². The molecule has 0 spiro atoms. The molecule has 4 atom stereocenters. The van der Waals surface area contributed by atoms with Gasteiger partial charge in [0.05, 0.1) is 12.2 Å². The molecule has 1 saturated carbocycles. The van der Waals surface area contributed by atoms with Crippen LogP contribution in [-0.2, 0) is 4.74 Å². The Bertz CT molecular complexity index is 510. The quantitative estimate of drug-likeness (QED) is 0.704. The number of benzene rings is 1. The molecule has 1 aliphatic carbocycles. The fourth-order valence-electron chi connectivity index (χ4n) is 4.84. The zero-order valence-corrected chi connectivity index (χ0v) is 14.1. The molecular weight excluding hydrogens is 282 g/mol. The Balaban J connectivity index is 1.45. The van der Waals surface area contributed by atoms with E-state index in [0.717, 1.165) is 24.5 Å². The van der Waals surface area contributed by atoms with Crippen LogP contribution in [-0.4, -0.2) is 29.6 Å². The first kappa shape index (κ1) is 15.4. The Morgan fingerprint density at radius 1 is 1.09 bits per heavy atom. The number of piperidine rings is 1. The van der Waals surface area contributed by atoms with Crippen LogP contribution in [0.4, 0.5) is 0 Å². The Hall–Kier alpha value is -1.12. The van der Waals surface area contributed by atoms with E-state index in [-0.39, 0.29) is 0 Å². The second-order valence-electron chi connectivity index (χ2n) is 7.62. The van der Waals surface area contributed by atoms with E-state index in [1.807, 2.05) is 0 Å². The Morgan fingerprint density at radius 3 is 2.35 bits per heavy atom. The van der Waals surface area contributed by atoms with Crippen molar-refractivity contribution in [3.8, 4) is 0 Å². The minimum atomic E-state index is 0.320. The smallest absolute Gasteiger partial charge is 0.0856 e. The molecule has 0 aromatic heterocycles. The van der Waals surface area contributed by atoms with Gasteiger partial charge in [-0.25, -0.2) is 0 Å². The summed E-state index contributed by atoms with van der Waals surface area (Å²) in [5, 5.41) is 0. The van der Waals surface area contributed by atoms with Crippen LogP contribution in [0.5, 0.6) is 0 Å². The van der Waals surface area contributed by atoms with E-state index >= 15 is 0 Å². The lowest BCUT2D eigenvalue weighted by Crippen LogP contribution is -2.46. The van der Waals surface area contributed by atoms with Crippen molar-refractivity contribution in [1.82, 2.24) is 4.90 Å². The van der Waals surface area contributed by atoms with Crippen molar-refractivity contribution < 1.29 is 4.74 Å². The first-order valence-corrected chi connectivity index (χ1v) is 9.42. The van der Waals surface area contributed by atoms with Crippen molar-refractivity contribution in [2.75, 3.05) is 6.54 Å². The summed E-state index contributed by atoms with van der Waals surface area (Å²) in [5.74, 6) is 0.737. The number of ether oxygens (including phenoxy) is 1. The molecule has 2 saturated heterocycles. The van der Waals surface area contributed by atoms with Crippen LogP contribution >= 0.6 is 0 Å². The largest absolute Gasteiger partial charge is 0.370 e. The van der Waals surface area contributed by atoms with Gasteiger partial charge in [0.25, 0.3) is 0 Å². The minimum absolute atomic E-state index is 0.320. The monoisotopic (exact) mass is 311 g/mol. The normalized spacial score (nSPS) is 32.4. The summed E-state index contributed by atoms with van der Waals surface area (Å²) >= 11 is 0. The van der Waals surface area contributed by atoms with Gasteiger partial charge in [-0.1, -0.05) is 42.8 Å². The lowest BCUT2D eigenvalue weighted by Gasteiger charge is -2.42. The van der Waals surface area contributed by atoms with Gasteiger partial charge in [-0.3, -0.25) is 4.90 Å². The van der Waals surface area contributed by atoms with E-state index < -0.39 is 0 Å². The summed E-state index contributed by atoms with van der Waals surface area (Å²) in [6.07, 6.45) is 12.0. The molecule has 124 valence electrons. The SMILES string of the molecule is C=CCN1[C@@H]2CC[C@H]1CC(OC(c1ccccc1)C1CCC1)C2. The summed E-state index contributed by atoms with van der Waals surface area (Å²) in [4.78, 5) is 2.66. The van der Waals surface area contributed by atoms with Crippen LogP contribution in [0.15, 0.2) is 43.0 Å². The zero-order valence-electron chi connectivity index (χ0n) is 14.1. The lowest BCUT2D eigenvalue weighted by atomic mass is 9.78. The van der Waals surface area contributed by atoms with Gasteiger partial charge < -0.3 is 4.74 Å². The van der Waals surface area contributed by atoms with Gasteiger partial charge in [-0.2, -0.15) is 0 Å². The molecule has 2 unspecified atom stereocenters. The maximum absolute atomic E-state index is 6.74. The molecule has 3 fully saturated rings. The van der Waals surface area contributed by atoms with Gasteiger partial charge in [-0.15, -0.1) is 6.58 Å². The molecule has 0 radical (unpaired) electrons. The molecule has 3 aliphatic rings. The molecule has 0 amide bonds. The Labute approximate surface area is 140 Å². The van der Waals surface area contributed by atoms with Crippen molar-refractivity contribution in [3.63, 3.8) is 0 Å². The molecule has 2 heteroatoms. The average Bonchev–Trinajstić information content (AvgIpc) is 2.77. The van der Waals surface area contributed by atoms with E-state index in [9.17, 15) is 0 Å². The van der Waals surface area contributed by atoms with E-state index in [4.69, 9.17) is 4.74 Å². The van der Waals surface area contributed by atoms with Crippen molar-refractivity contribution in [1.29, 1.82) is 0 Å².